The molecule has 1 saturated carbocycles. The summed E-state index contributed by atoms with van der Waals surface area (Å²) in [6.07, 6.45) is 6.82. The highest BCUT2D eigenvalue weighted by atomic mass is 32.1. The number of fused-ring (bicyclic) bond motifs is 1. The first-order chi connectivity index (χ1) is 14.2. The number of hydrogen-bond acceptors (Lipinski definition) is 5. The summed E-state index contributed by atoms with van der Waals surface area (Å²) in [6, 6.07) is 9.17. The Kier molecular flexibility index (Phi) is 5.14. The highest BCUT2D eigenvalue weighted by molar-refractivity contribution is 7.17. The van der Waals surface area contributed by atoms with Gasteiger partial charge in [0.05, 0.1) is 5.52 Å². The number of nitrogens with one attached hydrogen (secondary N) is 1. The molecule has 0 radical (unpaired) electrons. The van der Waals surface area contributed by atoms with Gasteiger partial charge in [-0.15, -0.1) is 11.3 Å². The highest BCUT2D eigenvalue weighted by Crippen LogP contribution is 2.32. The lowest BCUT2D eigenvalue weighted by Gasteiger charge is -2.40. The zero-order chi connectivity index (χ0) is 19.8. The fourth-order valence-electron chi connectivity index (χ4n) is 4.83. The van der Waals surface area contributed by atoms with E-state index in [0.717, 1.165) is 54.8 Å². The normalized spacial score (nSPS) is 19.1. The minimum atomic E-state index is -0.0244. The molecule has 0 unspecified atom stereocenters. The number of benzene rings is 1. The van der Waals surface area contributed by atoms with E-state index >= 15 is 0 Å². The molecule has 5 rings (SSSR count). The van der Waals surface area contributed by atoms with Gasteiger partial charge in [0.2, 0.25) is 5.95 Å². The van der Waals surface area contributed by atoms with Gasteiger partial charge in [0.25, 0.3) is 5.56 Å². The van der Waals surface area contributed by atoms with Gasteiger partial charge in [-0.05, 0) is 25.3 Å². The van der Waals surface area contributed by atoms with E-state index in [1.54, 1.807) is 0 Å². The van der Waals surface area contributed by atoms with Crippen molar-refractivity contribution >= 4 is 27.5 Å². The second kappa shape index (κ2) is 7.92. The smallest absolute Gasteiger partial charge is 0.270 e. The van der Waals surface area contributed by atoms with Crippen molar-refractivity contribution in [3.8, 4) is 11.1 Å². The SMILES string of the molecule is Cc1cccc(-c2csc3c(=O)[nH]c(N4CCN(C5CCCCC5)CC4)nc23)c1. The number of aromatic nitrogens is 2. The van der Waals surface area contributed by atoms with Crippen molar-refractivity contribution in [1.82, 2.24) is 14.9 Å². The van der Waals surface area contributed by atoms with Crippen molar-refractivity contribution in [1.29, 1.82) is 0 Å². The Morgan fingerprint density at radius 3 is 2.66 bits per heavy atom. The summed E-state index contributed by atoms with van der Waals surface area (Å²) in [6.45, 7) is 6.06. The number of thiophene rings is 1. The van der Waals surface area contributed by atoms with Crippen LogP contribution in [0.15, 0.2) is 34.4 Å². The van der Waals surface area contributed by atoms with Gasteiger partial charge in [0.15, 0.2) is 0 Å². The lowest BCUT2D eigenvalue weighted by molar-refractivity contribution is 0.147. The van der Waals surface area contributed by atoms with Gasteiger partial charge in [-0.25, -0.2) is 4.98 Å². The fourth-order valence-corrected chi connectivity index (χ4v) is 5.74. The lowest BCUT2D eigenvalue weighted by Crippen LogP contribution is -2.51. The maximum Gasteiger partial charge on any atom is 0.270 e. The third-order valence-electron chi connectivity index (χ3n) is 6.45. The van der Waals surface area contributed by atoms with Gasteiger partial charge >= 0.3 is 0 Å². The maximum atomic E-state index is 12.7. The van der Waals surface area contributed by atoms with Crippen molar-refractivity contribution in [3.63, 3.8) is 0 Å². The van der Waals surface area contributed by atoms with Crippen LogP contribution in [0.3, 0.4) is 0 Å². The van der Waals surface area contributed by atoms with Crippen LogP contribution in [0.2, 0.25) is 0 Å². The van der Waals surface area contributed by atoms with Crippen molar-refractivity contribution in [2.45, 2.75) is 45.1 Å². The first-order valence-electron chi connectivity index (χ1n) is 10.8. The molecule has 1 aromatic carbocycles. The summed E-state index contributed by atoms with van der Waals surface area (Å²) in [5.41, 5.74) is 4.20. The molecule has 0 amide bonds. The van der Waals surface area contributed by atoms with E-state index in [9.17, 15) is 4.79 Å². The molecule has 0 spiro atoms. The number of nitrogens with zero attached hydrogens (tertiary/aromatic N) is 3. The van der Waals surface area contributed by atoms with Crippen LogP contribution in [0.4, 0.5) is 5.95 Å². The fraction of sp³-hybridized carbons (Fsp3) is 0.478. The maximum absolute atomic E-state index is 12.7. The molecule has 0 bridgehead atoms. The Labute approximate surface area is 175 Å². The molecule has 3 heterocycles. The molecule has 2 aliphatic rings. The summed E-state index contributed by atoms with van der Waals surface area (Å²) in [4.78, 5) is 25.6. The summed E-state index contributed by atoms with van der Waals surface area (Å²) in [5, 5.41) is 2.06. The Bertz CT molecular complexity index is 1060. The second-order valence-corrected chi connectivity index (χ2v) is 9.28. The lowest BCUT2D eigenvalue weighted by atomic mass is 9.94. The van der Waals surface area contributed by atoms with Gasteiger partial charge in [0, 0.05) is 43.2 Å². The molecule has 5 nitrogen and oxygen atoms in total. The second-order valence-electron chi connectivity index (χ2n) is 8.40. The van der Waals surface area contributed by atoms with Gasteiger partial charge in [-0.3, -0.25) is 14.7 Å². The van der Waals surface area contributed by atoms with Gasteiger partial charge in [-0.1, -0.05) is 49.1 Å². The minimum absolute atomic E-state index is 0.0244. The van der Waals surface area contributed by atoms with Crippen LogP contribution in [0.1, 0.15) is 37.7 Å². The molecule has 1 aliphatic heterocycles. The van der Waals surface area contributed by atoms with Crippen molar-refractivity contribution in [2.24, 2.45) is 0 Å². The number of rotatable bonds is 3. The third-order valence-corrected chi connectivity index (χ3v) is 7.42. The summed E-state index contributed by atoms with van der Waals surface area (Å²) in [7, 11) is 0. The van der Waals surface area contributed by atoms with Crippen LogP contribution < -0.4 is 10.5 Å². The van der Waals surface area contributed by atoms with Crippen molar-refractivity contribution < 1.29 is 0 Å². The first-order valence-corrected chi connectivity index (χ1v) is 11.6. The van der Waals surface area contributed by atoms with Crippen LogP contribution >= 0.6 is 11.3 Å². The quantitative estimate of drug-likeness (QED) is 0.697. The zero-order valence-corrected chi connectivity index (χ0v) is 17.8. The number of aryl methyl sites for hydroxylation is 1. The van der Waals surface area contributed by atoms with Crippen LogP contribution in [-0.2, 0) is 0 Å². The Morgan fingerprint density at radius 2 is 1.90 bits per heavy atom. The van der Waals surface area contributed by atoms with E-state index in [-0.39, 0.29) is 5.56 Å². The molecule has 1 N–H and O–H groups in total. The molecular formula is C23H28N4OS. The molecule has 1 saturated heterocycles. The van der Waals surface area contributed by atoms with Crippen LogP contribution in [0.25, 0.3) is 21.3 Å². The predicted molar refractivity (Wildman–Crippen MR) is 121 cm³/mol. The largest absolute Gasteiger partial charge is 0.340 e. The summed E-state index contributed by atoms with van der Waals surface area (Å²) in [5.74, 6) is 0.720. The third kappa shape index (κ3) is 3.71. The molecule has 0 atom stereocenters. The molecule has 2 aromatic heterocycles. The number of H-pyrrole nitrogens is 1. The summed E-state index contributed by atoms with van der Waals surface area (Å²) < 4.78 is 0.714. The zero-order valence-electron chi connectivity index (χ0n) is 17.0. The molecule has 152 valence electrons. The highest BCUT2D eigenvalue weighted by Gasteiger charge is 2.26. The molecule has 6 heteroatoms. The van der Waals surface area contributed by atoms with Gasteiger partial charge in [0.1, 0.15) is 4.70 Å². The number of anilines is 1. The Balaban J connectivity index is 1.41. The average molecular weight is 409 g/mol. The van der Waals surface area contributed by atoms with E-state index in [0.29, 0.717) is 4.70 Å². The summed E-state index contributed by atoms with van der Waals surface area (Å²) >= 11 is 1.48. The standard InChI is InChI=1S/C23H28N4OS/c1-16-6-5-7-17(14-16)19-15-29-21-20(19)24-23(25-22(21)28)27-12-10-26(11-13-27)18-8-3-2-4-9-18/h5-7,14-15,18H,2-4,8-13H2,1H3,(H,24,25,28). The molecule has 2 fully saturated rings. The number of piperazine rings is 1. The van der Waals surface area contributed by atoms with Crippen molar-refractivity contribution in [2.75, 3.05) is 31.1 Å². The van der Waals surface area contributed by atoms with Gasteiger partial charge < -0.3 is 4.90 Å². The topological polar surface area (TPSA) is 52.2 Å². The van der Waals surface area contributed by atoms with E-state index < -0.39 is 0 Å². The molecule has 3 aromatic rings. The molecular weight excluding hydrogens is 380 g/mol. The van der Waals surface area contributed by atoms with E-state index in [1.165, 1.54) is 49.0 Å². The molecule has 1 aliphatic carbocycles. The van der Waals surface area contributed by atoms with Crippen LogP contribution in [-0.4, -0.2) is 47.1 Å². The van der Waals surface area contributed by atoms with Crippen molar-refractivity contribution in [3.05, 3.63) is 45.6 Å². The van der Waals surface area contributed by atoms with Crippen LogP contribution in [0.5, 0.6) is 0 Å². The number of aromatic amines is 1. The minimum Gasteiger partial charge on any atom is -0.340 e. The predicted octanol–water partition coefficient (Wildman–Crippen LogP) is 4.41. The monoisotopic (exact) mass is 408 g/mol. The van der Waals surface area contributed by atoms with Crippen LogP contribution in [0, 0.1) is 6.92 Å². The Morgan fingerprint density at radius 1 is 1.10 bits per heavy atom. The van der Waals surface area contributed by atoms with E-state index in [2.05, 4.69) is 51.4 Å². The average Bonchev–Trinajstić information content (AvgIpc) is 3.19. The van der Waals surface area contributed by atoms with E-state index in [4.69, 9.17) is 4.98 Å². The Hall–Kier alpha value is -2.18. The number of hydrogen-bond donors (Lipinski definition) is 1. The first kappa shape index (κ1) is 18.8. The van der Waals surface area contributed by atoms with E-state index in [1.807, 2.05) is 0 Å². The van der Waals surface area contributed by atoms with Gasteiger partial charge in [-0.2, -0.15) is 0 Å². The molecule has 29 heavy (non-hydrogen) atoms.